The maximum Gasteiger partial charge on any atom is 0.201 e. The summed E-state index contributed by atoms with van der Waals surface area (Å²) in [6, 6.07) is 0. The van der Waals surface area contributed by atoms with Gasteiger partial charge >= 0.3 is 0 Å². The molecule has 74 valence electrons. The first-order valence-corrected chi connectivity index (χ1v) is 5.65. The van der Waals surface area contributed by atoms with Crippen LogP contribution in [0, 0.1) is 0 Å². The Morgan fingerprint density at radius 1 is 1.50 bits per heavy atom. The molecule has 0 saturated heterocycles. The highest BCUT2D eigenvalue weighted by Gasteiger charge is 2.27. The van der Waals surface area contributed by atoms with Crippen molar-refractivity contribution in [1.82, 2.24) is 0 Å². The van der Waals surface area contributed by atoms with Gasteiger partial charge in [-0.1, -0.05) is 6.08 Å². The lowest BCUT2D eigenvalue weighted by Gasteiger charge is -2.12. The molecule has 1 atom stereocenters. The fourth-order valence-electron chi connectivity index (χ4n) is 1.39. The smallest absolute Gasteiger partial charge is 0.201 e. The summed E-state index contributed by atoms with van der Waals surface area (Å²) in [5.41, 5.74) is 5.76. The zero-order valence-corrected chi connectivity index (χ0v) is 8.45. The van der Waals surface area contributed by atoms with Crippen molar-refractivity contribution in [2.75, 3.05) is 0 Å². The molecule has 5 heteroatoms. The van der Waals surface area contributed by atoms with Crippen molar-refractivity contribution in [2.24, 2.45) is 10.7 Å². The zero-order valence-electron chi connectivity index (χ0n) is 7.64. The highest BCUT2D eigenvalue weighted by molar-refractivity contribution is 7.98. The molecule has 0 aromatic rings. The molecule has 0 fully saturated rings. The van der Waals surface area contributed by atoms with Crippen LogP contribution in [0.25, 0.3) is 0 Å². The van der Waals surface area contributed by atoms with E-state index >= 15 is 0 Å². The second kappa shape index (κ2) is 2.65. The molecular weight excluding hydrogens is 200 g/mol. The third-order valence-corrected chi connectivity index (χ3v) is 3.48. The molecule has 2 aliphatic heterocycles. The molecule has 0 aromatic heterocycles. The van der Waals surface area contributed by atoms with Gasteiger partial charge in [0, 0.05) is 17.8 Å². The van der Waals surface area contributed by atoms with Crippen LogP contribution in [0.5, 0.6) is 0 Å². The Labute approximate surface area is 82.4 Å². The molecular formula is C9H10N2O2S. The number of nitrogens with two attached hydrogens (primary N) is 1. The van der Waals surface area contributed by atoms with Crippen LogP contribution in [-0.4, -0.2) is 20.2 Å². The second-order valence-corrected chi connectivity index (χ2v) is 5.39. The first kappa shape index (κ1) is 9.36. The van der Waals surface area contributed by atoms with Gasteiger partial charge in [-0.3, -0.25) is 4.99 Å². The van der Waals surface area contributed by atoms with Crippen molar-refractivity contribution in [3.05, 3.63) is 34.2 Å². The molecule has 0 saturated carbocycles. The Kier molecular flexibility index (Phi) is 1.77. The lowest BCUT2D eigenvalue weighted by atomic mass is 10.0. The van der Waals surface area contributed by atoms with Crippen LogP contribution >= 0.6 is 0 Å². The summed E-state index contributed by atoms with van der Waals surface area (Å²) in [5, 5.41) is 1.17. The first-order chi connectivity index (χ1) is 6.41. The number of nitrogens with zero attached hydrogens (tertiary/aromatic N) is 1. The van der Waals surface area contributed by atoms with Gasteiger partial charge < -0.3 is 5.73 Å². The van der Waals surface area contributed by atoms with Crippen LogP contribution in [0.2, 0.25) is 0 Å². The number of rotatable bonds is 0. The minimum absolute atomic E-state index is 0.225. The quantitative estimate of drug-likeness (QED) is 0.632. The normalized spacial score (nSPS) is 33.3. The van der Waals surface area contributed by atoms with Crippen molar-refractivity contribution in [1.29, 1.82) is 0 Å². The number of allylic oxidation sites excluding steroid dienone is 2. The van der Waals surface area contributed by atoms with Gasteiger partial charge in [-0.2, -0.15) is 0 Å². The molecule has 0 aromatic carbocycles. The van der Waals surface area contributed by atoms with Crippen LogP contribution in [0.1, 0.15) is 6.92 Å². The van der Waals surface area contributed by atoms with Crippen LogP contribution in [-0.2, 0) is 9.84 Å². The maximum atomic E-state index is 11.4. The average Bonchev–Trinajstić information content (AvgIpc) is 2.27. The van der Waals surface area contributed by atoms with Gasteiger partial charge in [-0.15, -0.1) is 0 Å². The summed E-state index contributed by atoms with van der Waals surface area (Å²) in [5.74, 6) is 0. The summed E-state index contributed by atoms with van der Waals surface area (Å²) >= 11 is 0. The topological polar surface area (TPSA) is 72.5 Å². The maximum absolute atomic E-state index is 11.4. The molecule has 14 heavy (non-hydrogen) atoms. The SMILES string of the molecule is CC1(N)C=NC=C2C(=C1)C=CS2(=O)=O. The molecule has 0 aliphatic carbocycles. The molecule has 2 aliphatic rings. The zero-order chi connectivity index (χ0) is 10.4. The van der Waals surface area contributed by atoms with E-state index in [9.17, 15) is 8.42 Å². The van der Waals surface area contributed by atoms with Crippen molar-refractivity contribution < 1.29 is 8.42 Å². The molecule has 2 heterocycles. The lowest BCUT2D eigenvalue weighted by Crippen LogP contribution is -2.35. The Morgan fingerprint density at radius 2 is 2.21 bits per heavy atom. The Balaban J connectivity index is 2.62. The Bertz CT molecular complexity index is 493. The van der Waals surface area contributed by atoms with E-state index in [-0.39, 0.29) is 4.91 Å². The van der Waals surface area contributed by atoms with Crippen LogP contribution in [0.15, 0.2) is 39.2 Å². The molecule has 0 spiro atoms. The second-order valence-electron chi connectivity index (χ2n) is 3.58. The van der Waals surface area contributed by atoms with Crippen molar-refractivity contribution in [2.45, 2.75) is 12.5 Å². The van der Waals surface area contributed by atoms with Crippen molar-refractivity contribution in [3.63, 3.8) is 0 Å². The van der Waals surface area contributed by atoms with Gasteiger partial charge in [0.1, 0.15) is 0 Å². The Morgan fingerprint density at radius 3 is 2.93 bits per heavy atom. The summed E-state index contributed by atoms with van der Waals surface area (Å²) in [6.07, 6.45) is 6.09. The van der Waals surface area contributed by atoms with E-state index in [2.05, 4.69) is 4.99 Å². The third-order valence-electron chi connectivity index (χ3n) is 2.03. The standard InChI is InChI=1S/C9H10N2O2S/c1-9(10)4-7-2-3-14(12,13)8(7)5-11-6-9/h2-6H,10H2,1H3. The molecule has 0 radical (unpaired) electrons. The summed E-state index contributed by atoms with van der Waals surface area (Å²) in [6.45, 7) is 1.76. The number of aliphatic imine (C=N–C) groups is 1. The van der Waals surface area contributed by atoms with E-state index in [1.165, 1.54) is 17.8 Å². The largest absolute Gasteiger partial charge is 0.318 e. The van der Waals surface area contributed by atoms with E-state index < -0.39 is 15.4 Å². The van der Waals surface area contributed by atoms with Crippen LogP contribution in [0.4, 0.5) is 0 Å². The van der Waals surface area contributed by atoms with Crippen molar-refractivity contribution >= 4 is 16.1 Å². The highest BCUT2D eigenvalue weighted by atomic mass is 32.2. The van der Waals surface area contributed by atoms with E-state index in [1.54, 1.807) is 19.1 Å². The molecule has 1 unspecified atom stereocenters. The molecule has 2 N–H and O–H groups in total. The predicted octanol–water partition coefficient (Wildman–Crippen LogP) is 0.498. The van der Waals surface area contributed by atoms with Crippen molar-refractivity contribution in [3.8, 4) is 0 Å². The molecule has 2 rings (SSSR count). The van der Waals surface area contributed by atoms with Gasteiger partial charge in [0.2, 0.25) is 9.84 Å². The van der Waals surface area contributed by atoms with Gasteiger partial charge in [0.25, 0.3) is 0 Å². The summed E-state index contributed by atoms with van der Waals surface area (Å²) in [4.78, 5) is 4.10. The van der Waals surface area contributed by atoms with E-state index in [4.69, 9.17) is 5.73 Å². The Hall–Kier alpha value is -1.20. The minimum atomic E-state index is -3.28. The van der Waals surface area contributed by atoms with E-state index in [0.717, 1.165) is 0 Å². The fourth-order valence-corrected chi connectivity index (χ4v) is 2.52. The average molecular weight is 210 g/mol. The highest BCUT2D eigenvalue weighted by Crippen LogP contribution is 2.30. The van der Waals surface area contributed by atoms with Gasteiger partial charge in [-0.25, -0.2) is 8.42 Å². The first-order valence-electron chi connectivity index (χ1n) is 4.10. The number of sulfone groups is 1. The van der Waals surface area contributed by atoms with Gasteiger partial charge in [0.15, 0.2) is 0 Å². The number of hydrogen-bond acceptors (Lipinski definition) is 4. The number of fused-ring (bicyclic) bond motifs is 1. The van der Waals surface area contributed by atoms with Crippen LogP contribution < -0.4 is 5.73 Å². The molecule has 0 amide bonds. The van der Waals surface area contributed by atoms with Crippen LogP contribution in [0.3, 0.4) is 0 Å². The van der Waals surface area contributed by atoms with Gasteiger partial charge in [-0.05, 0) is 18.6 Å². The summed E-state index contributed by atoms with van der Waals surface area (Å²) in [7, 11) is -3.28. The summed E-state index contributed by atoms with van der Waals surface area (Å²) < 4.78 is 22.9. The lowest BCUT2D eigenvalue weighted by molar-refractivity contribution is 0.611. The number of hydrogen-bond donors (Lipinski definition) is 1. The molecule has 4 nitrogen and oxygen atoms in total. The van der Waals surface area contributed by atoms with Gasteiger partial charge in [0.05, 0.1) is 10.4 Å². The minimum Gasteiger partial charge on any atom is -0.318 e. The monoisotopic (exact) mass is 210 g/mol. The third kappa shape index (κ3) is 1.44. The predicted molar refractivity (Wildman–Crippen MR) is 55.3 cm³/mol. The van der Waals surface area contributed by atoms with E-state index in [0.29, 0.717) is 5.57 Å². The van der Waals surface area contributed by atoms with E-state index in [1.807, 2.05) is 0 Å². The fraction of sp³-hybridized carbons (Fsp3) is 0.222. The molecule has 0 bridgehead atoms.